The van der Waals surface area contributed by atoms with Gasteiger partial charge in [-0.3, -0.25) is 24.9 Å². The third-order valence-corrected chi connectivity index (χ3v) is 4.85. The third-order valence-electron chi connectivity index (χ3n) is 4.85. The largest absolute Gasteiger partial charge is 0.436 e. The molecule has 3 N–H and O–H groups in total. The van der Waals surface area contributed by atoms with Gasteiger partial charge in [-0.05, 0) is 61.7 Å². The number of hydrogen-bond donors (Lipinski definition) is 3. The molecule has 0 saturated heterocycles. The predicted octanol–water partition coefficient (Wildman–Crippen LogP) is 3.45. The highest BCUT2D eigenvalue weighted by Crippen LogP contribution is 2.31. The van der Waals surface area contributed by atoms with Gasteiger partial charge in [0, 0.05) is 11.3 Å². The summed E-state index contributed by atoms with van der Waals surface area (Å²) in [5.74, 6) is 0.0739. The van der Waals surface area contributed by atoms with Crippen LogP contribution in [0, 0.1) is 30.9 Å². The number of nitro groups is 1. The Morgan fingerprint density at radius 2 is 1.77 bits per heavy atom. The molecule has 0 radical (unpaired) electrons. The number of nitrogens with one attached hydrogen (secondary N) is 3. The number of fused-ring (bicyclic) bond motifs is 1. The number of hydrogen-bond acceptors (Lipinski definition) is 7. The van der Waals surface area contributed by atoms with Crippen molar-refractivity contribution in [3.8, 4) is 11.5 Å². The zero-order chi connectivity index (χ0) is 21.6. The normalized spacial score (nSPS) is 11.0. The van der Waals surface area contributed by atoms with Gasteiger partial charge in [0.25, 0.3) is 0 Å². The average Bonchev–Trinajstić information content (AvgIpc) is 3.05. The second-order valence-electron chi connectivity index (χ2n) is 6.97. The van der Waals surface area contributed by atoms with Crippen molar-refractivity contribution in [2.24, 2.45) is 0 Å². The second kappa shape index (κ2) is 6.99. The van der Waals surface area contributed by atoms with E-state index >= 15 is 0 Å². The molecule has 10 nitrogen and oxygen atoms in total. The Kier molecular flexibility index (Phi) is 4.46. The van der Waals surface area contributed by atoms with E-state index in [9.17, 15) is 19.7 Å². The minimum absolute atomic E-state index is 0.308. The second-order valence-corrected chi connectivity index (χ2v) is 6.97. The van der Waals surface area contributed by atoms with Crippen molar-refractivity contribution in [3.05, 3.63) is 78.0 Å². The van der Waals surface area contributed by atoms with E-state index in [2.05, 4.69) is 15.3 Å². The molecule has 0 aliphatic rings. The van der Waals surface area contributed by atoms with Gasteiger partial charge in [0.1, 0.15) is 5.52 Å². The summed E-state index contributed by atoms with van der Waals surface area (Å²) in [7, 11) is 0. The van der Waals surface area contributed by atoms with Crippen molar-refractivity contribution < 1.29 is 9.34 Å². The number of H-pyrrole nitrogens is 2. The van der Waals surface area contributed by atoms with E-state index in [1.54, 1.807) is 25.1 Å². The smallest absolute Gasteiger partial charge is 0.374 e. The molecule has 0 atom stereocenters. The van der Waals surface area contributed by atoms with Gasteiger partial charge < -0.3 is 9.73 Å². The van der Waals surface area contributed by atoms with E-state index in [0.29, 0.717) is 22.7 Å². The lowest BCUT2D eigenvalue weighted by molar-refractivity contribution is -0.385. The zero-order valence-corrected chi connectivity index (χ0v) is 16.3. The van der Waals surface area contributed by atoms with Crippen LogP contribution in [0.15, 0.2) is 44.3 Å². The van der Waals surface area contributed by atoms with Gasteiger partial charge >= 0.3 is 16.9 Å². The Labute approximate surface area is 168 Å². The molecule has 2 aromatic heterocycles. The first-order chi connectivity index (χ1) is 14.2. The topological polar surface area (TPSA) is 147 Å². The van der Waals surface area contributed by atoms with Gasteiger partial charge in [-0.25, -0.2) is 9.78 Å². The Morgan fingerprint density at radius 3 is 2.50 bits per heavy atom. The maximum atomic E-state index is 11.8. The fraction of sp³-hybridized carbons (Fsp3) is 0.150. The first-order valence-corrected chi connectivity index (χ1v) is 9.00. The first-order valence-electron chi connectivity index (χ1n) is 9.00. The van der Waals surface area contributed by atoms with Crippen LogP contribution in [-0.4, -0.2) is 19.9 Å². The Hall–Kier alpha value is -4.21. The van der Waals surface area contributed by atoms with Crippen LogP contribution in [0.4, 0.5) is 17.2 Å². The van der Waals surface area contributed by atoms with Gasteiger partial charge in [0.2, 0.25) is 5.89 Å². The molecule has 0 saturated carbocycles. The lowest BCUT2D eigenvalue weighted by Gasteiger charge is -2.10. The van der Waals surface area contributed by atoms with Gasteiger partial charge in [-0.15, -0.1) is 0 Å². The van der Waals surface area contributed by atoms with Crippen molar-refractivity contribution in [2.45, 2.75) is 20.8 Å². The number of oxazole rings is 1. The molecule has 30 heavy (non-hydrogen) atoms. The molecule has 0 fully saturated rings. The summed E-state index contributed by atoms with van der Waals surface area (Å²) in [4.78, 5) is 42.5. The fourth-order valence-electron chi connectivity index (χ4n) is 3.07. The van der Waals surface area contributed by atoms with E-state index in [4.69, 9.17) is 4.42 Å². The molecule has 0 unspecified atom stereocenters. The molecule has 4 rings (SSSR count). The molecule has 0 aliphatic heterocycles. The highest BCUT2D eigenvalue weighted by Gasteiger charge is 2.22. The van der Waals surface area contributed by atoms with Crippen LogP contribution in [-0.2, 0) is 0 Å². The SMILES string of the molecule is Cc1cc2nc(-c3ccc(C)c(Nc4[nH]c(=O)[nH]c(=O)c4[N+](=O)[O-])c3)oc2cc1C. The molecule has 4 aromatic rings. The minimum Gasteiger partial charge on any atom is -0.436 e. The number of aryl methyl sites for hydroxylation is 3. The summed E-state index contributed by atoms with van der Waals surface area (Å²) in [6.07, 6.45) is 0. The highest BCUT2D eigenvalue weighted by atomic mass is 16.6. The van der Waals surface area contributed by atoms with Crippen LogP contribution in [0.3, 0.4) is 0 Å². The Bertz CT molecular complexity index is 1390. The monoisotopic (exact) mass is 407 g/mol. The number of anilines is 2. The standard InChI is InChI=1S/C20H17N5O5/c1-9-4-5-12(19-22-14-6-10(2)11(3)7-15(14)30-19)8-13(9)21-17-16(25(28)29)18(26)24-20(27)23-17/h4-8H,1-3H3,(H3,21,23,24,26,27). The van der Waals surface area contributed by atoms with Gasteiger partial charge in [0.05, 0.1) is 4.92 Å². The van der Waals surface area contributed by atoms with Gasteiger partial charge in [0.15, 0.2) is 11.4 Å². The van der Waals surface area contributed by atoms with Crippen LogP contribution in [0.1, 0.15) is 16.7 Å². The Morgan fingerprint density at radius 1 is 1.03 bits per heavy atom. The lowest BCUT2D eigenvalue weighted by Crippen LogP contribution is -2.26. The van der Waals surface area contributed by atoms with Gasteiger partial charge in [-0.2, -0.15) is 0 Å². The minimum atomic E-state index is -1.09. The van der Waals surface area contributed by atoms with Crippen molar-refractivity contribution in [2.75, 3.05) is 5.32 Å². The van der Waals surface area contributed by atoms with Crippen LogP contribution in [0.25, 0.3) is 22.6 Å². The van der Waals surface area contributed by atoms with Crippen LogP contribution in [0.5, 0.6) is 0 Å². The maximum Gasteiger partial charge on any atom is 0.374 e. The highest BCUT2D eigenvalue weighted by molar-refractivity contribution is 5.79. The average molecular weight is 407 g/mol. The summed E-state index contributed by atoms with van der Waals surface area (Å²) < 4.78 is 5.88. The molecular formula is C20H17N5O5. The molecule has 152 valence electrons. The predicted molar refractivity (Wildman–Crippen MR) is 111 cm³/mol. The zero-order valence-electron chi connectivity index (χ0n) is 16.3. The van der Waals surface area contributed by atoms with E-state index in [1.165, 1.54) is 0 Å². The molecule has 2 aromatic carbocycles. The molecule has 0 amide bonds. The molecule has 0 spiro atoms. The number of nitrogens with zero attached hydrogens (tertiary/aromatic N) is 2. The van der Waals surface area contributed by atoms with E-state index < -0.39 is 21.9 Å². The van der Waals surface area contributed by atoms with E-state index in [-0.39, 0.29) is 5.82 Å². The number of aromatic nitrogens is 3. The molecule has 0 bridgehead atoms. The molecule has 10 heteroatoms. The molecule has 2 heterocycles. The Balaban J connectivity index is 1.80. The number of aromatic amines is 2. The van der Waals surface area contributed by atoms with E-state index in [1.807, 2.05) is 31.0 Å². The van der Waals surface area contributed by atoms with Gasteiger partial charge in [-0.1, -0.05) is 6.07 Å². The lowest BCUT2D eigenvalue weighted by atomic mass is 10.1. The summed E-state index contributed by atoms with van der Waals surface area (Å²) in [6, 6.07) is 9.12. The summed E-state index contributed by atoms with van der Waals surface area (Å²) in [5.41, 5.74) is 2.63. The number of benzene rings is 2. The van der Waals surface area contributed by atoms with Crippen molar-refractivity contribution in [3.63, 3.8) is 0 Å². The van der Waals surface area contributed by atoms with E-state index in [0.717, 1.165) is 22.2 Å². The first kappa shape index (κ1) is 19.1. The quantitative estimate of drug-likeness (QED) is 0.347. The molecular weight excluding hydrogens is 390 g/mol. The van der Waals surface area contributed by atoms with Crippen LogP contribution >= 0.6 is 0 Å². The summed E-state index contributed by atoms with van der Waals surface area (Å²) in [5, 5.41) is 14.0. The molecule has 0 aliphatic carbocycles. The van der Waals surface area contributed by atoms with Crippen molar-refractivity contribution in [1.82, 2.24) is 15.0 Å². The van der Waals surface area contributed by atoms with Crippen molar-refractivity contribution >= 4 is 28.3 Å². The fourth-order valence-corrected chi connectivity index (χ4v) is 3.07. The number of rotatable bonds is 4. The summed E-state index contributed by atoms with van der Waals surface area (Å²) in [6.45, 7) is 5.76. The van der Waals surface area contributed by atoms with Crippen LogP contribution < -0.4 is 16.6 Å². The van der Waals surface area contributed by atoms with Crippen LogP contribution in [0.2, 0.25) is 0 Å². The maximum absolute atomic E-state index is 11.8. The van der Waals surface area contributed by atoms with Crippen molar-refractivity contribution in [1.29, 1.82) is 0 Å². The summed E-state index contributed by atoms with van der Waals surface area (Å²) >= 11 is 0. The third kappa shape index (κ3) is 3.34.